The van der Waals surface area contributed by atoms with Crippen molar-refractivity contribution in [1.82, 2.24) is 0 Å². The van der Waals surface area contributed by atoms with Gasteiger partial charge in [-0.05, 0) is 24.6 Å². The Balaban J connectivity index is 2.06. The summed E-state index contributed by atoms with van der Waals surface area (Å²) in [5.74, 6) is 6.35. The van der Waals surface area contributed by atoms with Gasteiger partial charge in [0.2, 0.25) is 0 Å². The Bertz CT molecular complexity index is 653. The average Bonchev–Trinajstić information content (AvgIpc) is 2.46. The third kappa shape index (κ3) is 5.13. The third-order valence-electron chi connectivity index (χ3n) is 2.85. The quantitative estimate of drug-likeness (QED) is 0.588. The molecule has 21 heavy (non-hydrogen) atoms. The molecular formula is C18H16ClFO. The van der Waals surface area contributed by atoms with E-state index in [1.54, 1.807) is 6.07 Å². The maximum atomic E-state index is 13.5. The van der Waals surface area contributed by atoms with Crippen LogP contribution in [0.3, 0.4) is 0 Å². The summed E-state index contributed by atoms with van der Waals surface area (Å²) >= 11 is 5.56. The van der Waals surface area contributed by atoms with E-state index in [2.05, 4.69) is 11.8 Å². The number of rotatable bonds is 4. The average molecular weight is 303 g/mol. The van der Waals surface area contributed by atoms with Gasteiger partial charge in [0.05, 0.1) is 0 Å². The van der Waals surface area contributed by atoms with Crippen molar-refractivity contribution in [2.24, 2.45) is 0 Å². The van der Waals surface area contributed by atoms with Crippen LogP contribution < -0.4 is 4.74 Å². The van der Waals surface area contributed by atoms with Crippen molar-refractivity contribution in [2.45, 2.75) is 20.0 Å². The van der Waals surface area contributed by atoms with Crippen LogP contribution in [-0.2, 0) is 6.61 Å². The Morgan fingerprint density at radius 1 is 1.14 bits per heavy atom. The topological polar surface area (TPSA) is 9.23 Å². The van der Waals surface area contributed by atoms with E-state index >= 15 is 0 Å². The number of halogens is 2. The van der Waals surface area contributed by atoms with Crippen molar-refractivity contribution in [3.8, 4) is 17.6 Å². The predicted molar refractivity (Wildman–Crippen MR) is 84.1 cm³/mol. The largest absolute Gasteiger partial charge is 0.489 e. The minimum Gasteiger partial charge on any atom is -0.489 e. The van der Waals surface area contributed by atoms with Crippen LogP contribution >= 0.6 is 11.6 Å². The first-order valence-corrected chi connectivity index (χ1v) is 7.24. The summed E-state index contributed by atoms with van der Waals surface area (Å²) in [6.07, 6.45) is 0.581. The summed E-state index contributed by atoms with van der Waals surface area (Å²) in [4.78, 5) is 0. The molecule has 0 heterocycles. The predicted octanol–water partition coefficient (Wildman–Crippen LogP) is 4.69. The summed E-state index contributed by atoms with van der Waals surface area (Å²) in [7, 11) is 0. The molecule has 2 aromatic rings. The maximum Gasteiger partial charge on any atom is 0.128 e. The van der Waals surface area contributed by atoms with Crippen molar-refractivity contribution in [1.29, 1.82) is 0 Å². The smallest absolute Gasteiger partial charge is 0.128 e. The lowest BCUT2D eigenvalue weighted by Crippen LogP contribution is -1.96. The zero-order chi connectivity index (χ0) is 15.1. The maximum absolute atomic E-state index is 13.5. The van der Waals surface area contributed by atoms with Crippen LogP contribution in [0.5, 0.6) is 5.75 Å². The van der Waals surface area contributed by atoms with Gasteiger partial charge in [0.1, 0.15) is 18.2 Å². The van der Waals surface area contributed by atoms with Crippen LogP contribution in [0.4, 0.5) is 4.39 Å². The van der Waals surface area contributed by atoms with E-state index in [1.807, 2.05) is 31.2 Å². The van der Waals surface area contributed by atoms with Crippen LogP contribution in [0, 0.1) is 24.6 Å². The zero-order valence-corrected chi connectivity index (χ0v) is 12.6. The molecule has 0 aliphatic carbocycles. The van der Waals surface area contributed by atoms with Gasteiger partial charge in [0, 0.05) is 23.9 Å². The number of hydrogen-bond donors (Lipinski definition) is 0. The van der Waals surface area contributed by atoms with E-state index in [1.165, 1.54) is 17.7 Å². The second kappa shape index (κ2) is 7.71. The summed E-state index contributed by atoms with van der Waals surface area (Å²) in [6.45, 7) is 2.43. The monoisotopic (exact) mass is 302 g/mol. The van der Waals surface area contributed by atoms with Gasteiger partial charge < -0.3 is 4.74 Å². The SMILES string of the molecule is Cc1ccc(COc2cc(F)cc(C#CCCCl)c2)cc1. The van der Waals surface area contributed by atoms with Gasteiger partial charge in [-0.3, -0.25) is 0 Å². The standard InChI is InChI=1S/C18H16ClFO/c1-14-5-7-15(8-6-14)13-21-18-11-16(4-2-3-9-19)10-17(20)12-18/h5-8,10-12H,3,9,13H2,1H3. The molecule has 0 radical (unpaired) electrons. The van der Waals surface area contributed by atoms with Crippen LogP contribution in [0.15, 0.2) is 42.5 Å². The van der Waals surface area contributed by atoms with E-state index < -0.39 is 0 Å². The highest BCUT2D eigenvalue weighted by Gasteiger charge is 2.01. The molecule has 0 bridgehead atoms. The fraction of sp³-hybridized carbons (Fsp3) is 0.222. The lowest BCUT2D eigenvalue weighted by molar-refractivity contribution is 0.304. The van der Waals surface area contributed by atoms with Crippen molar-refractivity contribution in [3.63, 3.8) is 0 Å². The van der Waals surface area contributed by atoms with E-state index in [4.69, 9.17) is 16.3 Å². The zero-order valence-electron chi connectivity index (χ0n) is 11.8. The molecule has 0 aliphatic heterocycles. The van der Waals surface area contributed by atoms with Crippen LogP contribution in [0.1, 0.15) is 23.1 Å². The number of ether oxygens (including phenoxy) is 1. The van der Waals surface area contributed by atoms with Gasteiger partial charge in [0.25, 0.3) is 0 Å². The molecule has 2 rings (SSSR count). The molecule has 2 aromatic carbocycles. The molecule has 0 unspecified atom stereocenters. The molecule has 1 nitrogen and oxygen atoms in total. The molecule has 0 N–H and O–H groups in total. The second-order valence-electron chi connectivity index (χ2n) is 4.69. The molecule has 0 saturated carbocycles. The molecule has 0 amide bonds. The van der Waals surface area contributed by atoms with Gasteiger partial charge in [-0.25, -0.2) is 4.39 Å². The van der Waals surface area contributed by atoms with Crippen LogP contribution in [0.2, 0.25) is 0 Å². The minimum absolute atomic E-state index is 0.355. The lowest BCUT2D eigenvalue weighted by atomic mass is 10.1. The molecule has 0 saturated heterocycles. The van der Waals surface area contributed by atoms with Crippen molar-refractivity contribution < 1.29 is 9.13 Å². The number of benzene rings is 2. The van der Waals surface area contributed by atoms with Gasteiger partial charge in [-0.1, -0.05) is 41.7 Å². The lowest BCUT2D eigenvalue weighted by Gasteiger charge is -2.07. The molecule has 0 fully saturated rings. The molecule has 0 aliphatic rings. The number of alkyl halides is 1. The Labute approximate surface area is 129 Å². The van der Waals surface area contributed by atoms with Crippen molar-refractivity contribution in [2.75, 3.05) is 5.88 Å². The minimum atomic E-state index is -0.355. The Morgan fingerprint density at radius 3 is 2.62 bits per heavy atom. The summed E-state index contributed by atoms with van der Waals surface area (Å²) in [5, 5.41) is 0. The normalized spacial score (nSPS) is 9.86. The number of hydrogen-bond acceptors (Lipinski definition) is 1. The third-order valence-corrected chi connectivity index (χ3v) is 3.04. The van der Waals surface area contributed by atoms with E-state index in [-0.39, 0.29) is 5.82 Å². The Kier molecular flexibility index (Phi) is 5.66. The molecule has 0 aromatic heterocycles. The second-order valence-corrected chi connectivity index (χ2v) is 5.07. The summed E-state index contributed by atoms with van der Waals surface area (Å²) in [5.41, 5.74) is 2.83. The van der Waals surface area contributed by atoms with Crippen molar-refractivity contribution in [3.05, 3.63) is 65.0 Å². The first-order valence-electron chi connectivity index (χ1n) is 6.71. The van der Waals surface area contributed by atoms with E-state index in [0.717, 1.165) is 5.56 Å². The Morgan fingerprint density at radius 2 is 1.90 bits per heavy atom. The van der Waals surface area contributed by atoms with Crippen molar-refractivity contribution >= 4 is 11.6 Å². The number of aryl methyl sites for hydroxylation is 1. The highest BCUT2D eigenvalue weighted by molar-refractivity contribution is 6.18. The van der Waals surface area contributed by atoms with Gasteiger partial charge >= 0.3 is 0 Å². The summed E-state index contributed by atoms with van der Waals surface area (Å²) in [6, 6.07) is 12.5. The van der Waals surface area contributed by atoms with Gasteiger partial charge in [0.15, 0.2) is 0 Å². The van der Waals surface area contributed by atoms with E-state index in [0.29, 0.717) is 30.2 Å². The fourth-order valence-corrected chi connectivity index (χ4v) is 1.88. The van der Waals surface area contributed by atoms with E-state index in [9.17, 15) is 4.39 Å². The Hall–Kier alpha value is -1.98. The highest BCUT2D eigenvalue weighted by atomic mass is 35.5. The summed E-state index contributed by atoms with van der Waals surface area (Å²) < 4.78 is 19.2. The molecular weight excluding hydrogens is 287 g/mol. The van der Waals surface area contributed by atoms with Crippen LogP contribution in [0.25, 0.3) is 0 Å². The van der Waals surface area contributed by atoms with Gasteiger partial charge in [-0.15, -0.1) is 11.6 Å². The fourth-order valence-electron chi connectivity index (χ4n) is 1.78. The molecule has 0 atom stereocenters. The first-order chi connectivity index (χ1) is 10.2. The molecule has 3 heteroatoms. The first kappa shape index (κ1) is 15.4. The highest BCUT2D eigenvalue weighted by Crippen LogP contribution is 2.17. The molecule has 0 spiro atoms. The van der Waals surface area contributed by atoms with Crippen LogP contribution in [-0.4, -0.2) is 5.88 Å². The van der Waals surface area contributed by atoms with Gasteiger partial charge in [-0.2, -0.15) is 0 Å². The molecule has 108 valence electrons.